The number of rotatable bonds is 4. The maximum atomic E-state index is 13.1. The lowest BCUT2D eigenvalue weighted by molar-refractivity contribution is -0.116. The molecule has 2 rings (SSSR count). The average Bonchev–Trinajstić information content (AvgIpc) is 2.82. The van der Waals surface area contributed by atoms with Gasteiger partial charge in [-0.05, 0) is 50.1 Å². The normalized spacial score (nSPS) is 10.4. The van der Waals surface area contributed by atoms with Crippen molar-refractivity contribution in [1.82, 2.24) is 9.78 Å². The fourth-order valence-corrected chi connectivity index (χ4v) is 2.88. The highest BCUT2D eigenvalue weighted by Crippen LogP contribution is 2.31. The third-order valence-electron chi connectivity index (χ3n) is 2.44. The summed E-state index contributed by atoms with van der Waals surface area (Å²) in [5.74, 6) is -2.05. The lowest BCUT2D eigenvalue weighted by atomic mass is 10.3. The SMILES string of the molecule is O=C(Cn1ccc(C(=O)O)n1)Nc1c(Br)cc(F)cc1Br. The van der Waals surface area contributed by atoms with E-state index in [2.05, 4.69) is 42.3 Å². The molecule has 1 aromatic heterocycles. The lowest BCUT2D eigenvalue weighted by Gasteiger charge is -2.10. The maximum Gasteiger partial charge on any atom is 0.356 e. The molecule has 0 atom stereocenters. The number of hydrogen-bond donors (Lipinski definition) is 2. The monoisotopic (exact) mass is 419 g/mol. The third-order valence-corrected chi connectivity index (χ3v) is 3.69. The van der Waals surface area contributed by atoms with Crippen LogP contribution in [0.2, 0.25) is 0 Å². The van der Waals surface area contributed by atoms with Crippen molar-refractivity contribution in [3.05, 3.63) is 44.9 Å². The van der Waals surface area contributed by atoms with E-state index < -0.39 is 17.7 Å². The highest BCUT2D eigenvalue weighted by atomic mass is 79.9. The number of carbonyl (C=O) groups excluding carboxylic acids is 1. The van der Waals surface area contributed by atoms with Crippen molar-refractivity contribution in [2.75, 3.05) is 5.32 Å². The first-order chi connectivity index (χ1) is 9.86. The second-order valence-electron chi connectivity index (χ2n) is 4.00. The van der Waals surface area contributed by atoms with Crippen molar-refractivity contribution < 1.29 is 19.1 Å². The number of carboxylic acids is 1. The molecule has 1 amide bonds. The molecule has 2 aromatic rings. The smallest absolute Gasteiger partial charge is 0.356 e. The summed E-state index contributed by atoms with van der Waals surface area (Å²) in [5, 5.41) is 15.1. The van der Waals surface area contributed by atoms with Gasteiger partial charge in [0, 0.05) is 15.1 Å². The van der Waals surface area contributed by atoms with Gasteiger partial charge in [0.15, 0.2) is 5.69 Å². The van der Waals surface area contributed by atoms with Gasteiger partial charge in [-0.25, -0.2) is 9.18 Å². The van der Waals surface area contributed by atoms with Gasteiger partial charge < -0.3 is 10.4 Å². The van der Waals surface area contributed by atoms with Gasteiger partial charge in [-0.2, -0.15) is 5.10 Å². The molecule has 0 aliphatic carbocycles. The number of carbonyl (C=O) groups is 2. The highest BCUT2D eigenvalue weighted by molar-refractivity contribution is 9.11. The molecule has 21 heavy (non-hydrogen) atoms. The Morgan fingerprint density at radius 1 is 1.33 bits per heavy atom. The fraction of sp³-hybridized carbons (Fsp3) is 0.0833. The lowest BCUT2D eigenvalue weighted by Crippen LogP contribution is -2.20. The summed E-state index contributed by atoms with van der Waals surface area (Å²) in [5.41, 5.74) is 0.235. The molecular weight excluding hydrogens is 413 g/mol. The minimum Gasteiger partial charge on any atom is -0.476 e. The Hall–Kier alpha value is -1.74. The Labute approximate surface area is 135 Å². The Balaban J connectivity index is 2.10. The first kappa shape index (κ1) is 15.6. The summed E-state index contributed by atoms with van der Waals surface area (Å²) >= 11 is 6.30. The van der Waals surface area contributed by atoms with Crippen LogP contribution in [0.15, 0.2) is 33.3 Å². The number of amides is 1. The van der Waals surface area contributed by atoms with Gasteiger partial charge in [0.2, 0.25) is 5.91 Å². The highest BCUT2D eigenvalue weighted by Gasteiger charge is 2.13. The minimum absolute atomic E-state index is 0.146. The number of benzene rings is 1. The van der Waals surface area contributed by atoms with Crippen molar-refractivity contribution in [3.63, 3.8) is 0 Å². The van der Waals surface area contributed by atoms with Gasteiger partial charge in [0.25, 0.3) is 0 Å². The van der Waals surface area contributed by atoms with Gasteiger partial charge >= 0.3 is 5.97 Å². The molecule has 0 aliphatic heterocycles. The third kappa shape index (κ3) is 3.88. The van der Waals surface area contributed by atoms with E-state index in [-0.39, 0.29) is 12.2 Å². The molecule has 0 spiro atoms. The summed E-state index contributed by atoms with van der Waals surface area (Å²) < 4.78 is 15.1. The van der Waals surface area contributed by atoms with E-state index in [1.165, 1.54) is 29.1 Å². The molecule has 110 valence electrons. The van der Waals surface area contributed by atoms with Crippen LogP contribution in [0.3, 0.4) is 0 Å². The summed E-state index contributed by atoms with van der Waals surface area (Å²) in [6.07, 6.45) is 1.39. The Morgan fingerprint density at radius 3 is 2.48 bits per heavy atom. The van der Waals surface area contributed by atoms with Gasteiger partial charge in [-0.3, -0.25) is 9.48 Å². The number of aromatic nitrogens is 2. The van der Waals surface area contributed by atoms with Crippen molar-refractivity contribution in [1.29, 1.82) is 0 Å². The Kier molecular flexibility index (Phi) is 4.73. The molecule has 0 aliphatic rings. The number of aromatic carboxylic acids is 1. The van der Waals surface area contributed by atoms with Crippen molar-refractivity contribution >= 4 is 49.4 Å². The van der Waals surface area contributed by atoms with Crippen LogP contribution in [-0.4, -0.2) is 26.8 Å². The zero-order valence-electron chi connectivity index (χ0n) is 10.3. The first-order valence-electron chi connectivity index (χ1n) is 5.58. The number of nitrogens with zero attached hydrogens (tertiary/aromatic N) is 2. The minimum atomic E-state index is -1.17. The van der Waals surface area contributed by atoms with Crippen LogP contribution in [0.5, 0.6) is 0 Å². The maximum absolute atomic E-state index is 13.1. The van der Waals surface area contributed by atoms with Crippen LogP contribution in [-0.2, 0) is 11.3 Å². The van der Waals surface area contributed by atoms with Crippen LogP contribution in [0.1, 0.15) is 10.5 Å². The molecule has 9 heteroatoms. The first-order valence-corrected chi connectivity index (χ1v) is 7.16. The fourth-order valence-electron chi connectivity index (χ4n) is 1.55. The molecule has 0 radical (unpaired) electrons. The van der Waals surface area contributed by atoms with E-state index in [4.69, 9.17) is 5.11 Å². The predicted molar refractivity (Wildman–Crippen MR) is 79.6 cm³/mol. The van der Waals surface area contributed by atoms with E-state index in [0.29, 0.717) is 14.6 Å². The molecule has 0 unspecified atom stereocenters. The van der Waals surface area contributed by atoms with Crippen molar-refractivity contribution in [2.45, 2.75) is 6.54 Å². The average molecular weight is 421 g/mol. The second-order valence-corrected chi connectivity index (χ2v) is 5.70. The standard InChI is InChI=1S/C12H8Br2FN3O3/c13-7-3-6(15)4-8(14)11(7)16-10(19)5-18-2-1-9(17-18)12(20)21/h1-4H,5H2,(H,16,19)(H,20,21). The van der Waals surface area contributed by atoms with E-state index in [0.717, 1.165) is 0 Å². The van der Waals surface area contributed by atoms with Gasteiger partial charge in [0.05, 0.1) is 5.69 Å². The largest absolute Gasteiger partial charge is 0.476 e. The summed E-state index contributed by atoms with van der Waals surface area (Å²) in [7, 11) is 0. The number of carboxylic acid groups (broad SMARTS) is 1. The molecule has 0 fully saturated rings. The van der Waals surface area contributed by atoms with Crippen LogP contribution < -0.4 is 5.32 Å². The molecule has 1 aromatic carbocycles. The second kappa shape index (κ2) is 6.35. The van der Waals surface area contributed by atoms with Crippen molar-refractivity contribution in [2.24, 2.45) is 0 Å². The predicted octanol–water partition coefficient (Wildman–Crippen LogP) is 2.88. The Morgan fingerprint density at radius 2 is 1.95 bits per heavy atom. The summed E-state index contributed by atoms with van der Waals surface area (Å²) in [6, 6.07) is 3.73. The molecule has 0 saturated heterocycles. The molecule has 2 N–H and O–H groups in total. The number of halogens is 3. The summed E-state index contributed by atoms with van der Waals surface area (Å²) in [4.78, 5) is 22.6. The molecule has 1 heterocycles. The van der Waals surface area contributed by atoms with E-state index in [1.807, 2.05) is 0 Å². The van der Waals surface area contributed by atoms with E-state index in [9.17, 15) is 14.0 Å². The van der Waals surface area contributed by atoms with Gasteiger partial charge in [-0.15, -0.1) is 0 Å². The Bertz CT molecular complexity index is 695. The number of nitrogens with one attached hydrogen (secondary N) is 1. The summed E-state index contributed by atoms with van der Waals surface area (Å²) in [6.45, 7) is -0.163. The van der Waals surface area contributed by atoms with Crippen LogP contribution in [0.25, 0.3) is 0 Å². The molecular formula is C12H8Br2FN3O3. The number of hydrogen-bond acceptors (Lipinski definition) is 3. The van der Waals surface area contributed by atoms with Gasteiger partial charge in [-0.1, -0.05) is 0 Å². The van der Waals surface area contributed by atoms with E-state index in [1.54, 1.807) is 0 Å². The zero-order chi connectivity index (χ0) is 15.6. The topological polar surface area (TPSA) is 84.2 Å². The van der Waals surface area contributed by atoms with E-state index >= 15 is 0 Å². The van der Waals surface area contributed by atoms with Crippen LogP contribution in [0.4, 0.5) is 10.1 Å². The van der Waals surface area contributed by atoms with Crippen LogP contribution >= 0.6 is 31.9 Å². The number of anilines is 1. The van der Waals surface area contributed by atoms with Gasteiger partial charge in [0.1, 0.15) is 12.4 Å². The quantitative estimate of drug-likeness (QED) is 0.796. The van der Waals surface area contributed by atoms with Crippen molar-refractivity contribution in [3.8, 4) is 0 Å². The molecule has 0 saturated carbocycles. The molecule has 6 nitrogen and oxygen atoms in total. The van der Waals surface area contributed by atoms with Crippen LogP contribution in [0, 0.1) is 5.82 Å². The molecule has 0 bridgehead atoms. The zero-order valence-corrected chi connectivity index (χ0v) is 13.5.